The van der Waals surface area contributed by atoms with Crippen molar-refractivity contribution in [1.82, 2.24) is 10.1 Å². The van der Waals surface area contributed by atoms with E-state index in [4.69, 9.17) is 5.11 Å². The van der Waals surface area contributed by atoms with Crippen molar-refractivity contribution < 1.29 is 14.4 Å². The molecule has 0 radical (unpaired) electrons. The Morgan fingerprint density at radius 1 is 1.40 bits per heavy atom. The van der Waals surface area contributed by atoms with Gasteiger partial charge in [0, 0.05) is 5.92 Å². The van der Waals surface area contributed by atoms with Gasteiger partial charge < -0.3 is 5.11 Å². The minimum atomic E-state index is -0.734. The van der Waals surface area contributed by atoms with Crippen molar-refractivity contribution in [2.45, 2.75) is 31.6 Å². The van der Waals surface area contributed by atoms with Gasteiger partial charge in [0.15, 0.2) is 5.82 Å². The molecule has 0 aromatic carbocycles. The maximum absolute atomic E-state index is 10.7. The van der Waals surface area contributed by atoms with Crippen LogP contribution in [-0.2, 0) is 4.79 Å². The molecule has 15 heavy (non-hydrogen) atoms. The zero-order valence-electron chi connectivity index (χ0n) is 8.10. The van der Waals surface area contributed by atoms with E-state index in [0.717, 1.165) is 12.8 Å². The molecule has 1 saturated carbocycles. The molecule has 0 saturated heterocycles. The summed E-state index contributed by atoms with van der Waals surface area (Å²) in [6.45, 7) is 0. The first-order chi connectivity index (χ1) is 7.16. The first-order valence-corrected chi connectivity index (χ1v) is 4.95. The third-order valence-electron chi connectivity index (χ3n) is 2.92. The molecule has 2 rings (SSSR count). The molecule has 1 heterocycles. The fourth-order valence-corrected chi connectivity index (χ4v) is 2.03. The van der Waals surface area contributed by atoms with Crippen LogP contribution in [0.25, 0.3) is 0 Å². The van der Waals surface area contributed by atoms with Gasteiger partial charge in [0.1, 0.15) is 0 Å². The fraction of sp³-hybridized carbons (Fsp3) is 0.667. The molecule has 6 heteroatoms. The van der Waals surface area contributed by atoms with E-state index in [0.29, 0.717) is 18.7 Å². The zero-order chi connectivity index (χ0) is 10.8. The predicted molar refractivity (Wildman–Crippen MR) is 49.5 cm³/mol. The molecular formula is C9H12N2O4. The summed E-state index contributed by atoms with van der Waals surface area (Å²) in [6.07, 6.45) is 2.74. The van der Waals surface area contributed by atoms with Gasteiger partial charge in [0.25, 0.3) is 0 Å². The van der Waals surface area contributed by atoms with Crippen molar-refractivity contribution >= 4 is 5.97 Å². The molecule has 82 valence electrons. The second kappa shape index (κ2) is 3.88. The summed E-state index contributed by atoms with van der Waals surface area (Å²) >= 11 is 0. The molecule has 1 aliphatic rings. The maximum Gasteiger partial charge on any atom is 0.438 e. The van der Waals surface area contributed by atoms with Crippen LogP contribution in [0, 0.1) is 5.92 Å². The summed E-state index contributed by atoms with van der Waals surface area (Å²) in [5.41, 5.74) is 0. The fourth-order valence-electron chi connectivity index (χ4n) is 2.03. The topological polar surface area (TPSA) is 96.2 Å². The van der Waals surface area contributed by atoms with Gasteiger partial charge in [-0.3, -0.25) is 14.3 Å². The SMILES string of the molecule is O=c1[nH]c([C@H]2CC[C@H](C(=O)O)CC2)no1. The van der Waals surface area contributed by atoms with Crippen LogP contribution in [0.15, 0.2) is 9.32 Å². The summed E-state index contributed by atoms with van der Waals surface area (Å²) in [5, 5.41) is 12.4. The number of aromatic amines is 1. The van der Waals surface area contributed by atoms with Gasteiger partial charge in [-0.05, 0) is 25.7 Å². The largest absolute Gasteiger partial charge is 0.481 e. The van der Waals surface area contributed by atoms with Crippen molar-refractivity contribution in [2.24, 2.45) is 5.92 Å². The lowest BCUT2D eigenvalue weighted by Crippen LogP contribution is -2.21. The summed E-state index contributed by atoms with van der Waals surface area (Å²) < 4.78 is 4.41. The lowest BCUT2D eigenvalue weighted by atomic mass is 9.82. The van der Waals surface area contributed by atoms with Crippen LogP contribution in [0.5, 0.6) is 0 Å². The Hall–Kier alpha value is -1.59. The van der Waals surface area contributed by atoms with Crippen molar-refractivity contribution in [3.63, 3.8) is 0 Å². The quantitative estimate of drug-likeness (QED) is 0.752. The Labute approximate surface area is 85.3 Å². The molecule has 0 bridgehead atoms. The van der Waals surface area contributed by atoms with Gasteiger partial charge >= 0.3 is 11.7 Å². The smallest absolute Gasteiger partial charge is 0.438 e. The first kappa shape index (κ1) is 9.95. The summed E-state index contributed by atoms with van der Waals surface area (Å²) in [4.78, 5) is 23.9. The summed E-state index contributed by atoms with van der Waals surface area (Å²) in [5.74, 6) is -0.858. The van der Waals surface area contributed by atoms with Gasteiger partial charge in [-0.1, -0.05) is 5.16 Å². The third-order valence-corrected chi connectivity index (χ3v) is 2.92. The normalized spacial score (nSPS) is 26.4. The Morgan fingerprint density at radius 2 is 2.07 bits per heavy atom. The van der Waals surface area contributed by atoms with Crippen LogP contribution in [0.2, 0.25) is 0 Å². The van der Waals surface area contributed by atoms with Gasteiger partial charge in [-0.25, -0.2) is 4.79 Å². The molecule has 1 fully saturated rings. The second-order valence-corrected chi connectivity index (χ2v) is 3.87. The Morgan fingerprint density at radius 3 is 2.53 bits per heavy atom. The molecule has 6 nitrogen and oxygen atoms in total. The Bertz CT molecular complexity index is 400. The Balaban J connectivity index is 1.99. The van der Waals surface area contributed by atoms with E-state index in [2.05, 4.69) is 14.7 Å². The number of carboxylic acid groups (broad SMARTS) is 1. The van der Waals surface area contributed by atoms with Crippen molar-refractivity contribution in [2.75, 3.05) is 0 Å². The highest BCUT2D eigenvalue weighted by Crippen LogP contribution is 2.33. The number of carbonyl (C=O) groups is 1. The zero-order valence-corrected chi connectivity index (χ0v) is 8.10. The number of nitrogens with zero attached hydrogens (tertiary/aromatic N) is 1. The molecule has 1 aromatic heterocycles. The number of carboxylic acids is 1. The molecule has 0 spiro atoms. The van der Waals surface area contributed by atoms with E-state index < -0.39 is 11.7 Å². The highest BCUT2D eigenvalue weighted by molar-refractivity contribution is 5.70. The van der Waals surface area contributed by atoms with E-state index in [1.54, 1.807) is 0 Å². The van der Waals surface area contributed by atoms with Gasteiger partial charge in [-0.15, -0.1) is 0 Å². The average molecular weight is 212 g/mol. The number of rotatable bonds is 2. The molecule has 0 unspecified atom stereocenters. The third kappa shape index (κ3) is 2.08. The van der Waals surface area contributed by atoms with Gasteiger partial charge in [-0.2, -0.15) is 0 Å². The number of hydrogen-bond donors (Lipinski definition) is 2. The van der Waals surface area contributed by atoms with Gasteiger partial charge in [0.05, 0.1) is 5.92 Å². The molecular weight excluding hydrogens is 200 g/mol. The first-order valence-electron chi connectivity index (χ1n) is 4.95. The summed E-state index contributed by atoms with van der Waals surface area (Å²) in [6, 6.07) is 0. The van der Waals surface area contributed by atoms with E-state index in [9.17, 15) is 9.59 Å². The highest BCUT2D eigenvalue weighted by Gasteiger charge is 2.28. The lowest BCUT2D eigenvalue weighted by Gasteiger charge is -2.23. The lowest BCUT2D eigenvalue weighted by molar-refractivity contribution is -0.142. The number of hydrogen-bond acceptors (Lipinski definition) is 4. The number of nitrogens with one attached hydrogen (secondary N) is 1. The van der Waals surface area contributed by atoms with E-state index in [1.807, 2.05) is 0 Å². The van der Waals surface area contributed by atoms with Crippen LogP contribution in [-0.4, -0.2) is 21.2 Å². The van der Waals surface area contributed by atoms with Crippen LogP contribution in [0.1, 0.15) is 37.4 Å². The minimum absolute atomic E-state index is 0.132. The highest BCUT2D eigenvalue weighted by atomic mass is 16.5. The van der Waals surface area contributed by atoms with E-state index in [-0.39, 0.29) is 11.8 Å². The van der Waals surface area contributed by atoms with Crippen LogP contribution >= 0.6 is 0 Å². The van der Waals surface area contributed by atoms with Gasteiger partial charge in [0.2, 0.25) is 0 Å². The standard InChI is InChI=1S/C9H12N2O4/c12-8(13)6-3-1-5(2-4-6)7-10-9(14)15-11-7/h5-6H,1-4H2,(H,12,13)(H,10,11,14)/t5-,6-. The van der Waals surface area contributed by atoms with Crippen LogP contribution in [0.4, 0.5) is 0 Å². The van der Waals surface area contributed by atoms with Crippen molar-refractivity contribution in [3.8, 4) is 0 Å². The van der Waals surface area contributed by atoms with Crippen LogP contribution in [0.3, 0.4) is 0 Å². The maximum atomic E-state index is 10.7. The molecule has 1 aromatic rings. The average Bonchev–Trinajstić information content (AvgIpc) is 2.65. The second-order valence-electron chi connectivity index (χ2n) is 3.87. The molecule has 0 atom stereocenters. The summed E-state index contributed by atoms with van der Waals surface area (Å²) in [7, 11) is 0. The van der Waals surface area contributed by atoms with Crippen molar-refractivity contribution in [1.29, 1.82) is 0 Å². The molecule has 0 amide bonds. The monoisotopic (exact) mass is 212 g/mol. The molecule has 1 aliphatic carbocycles. The number of aliphatic carboxylic acids is 1. The molecule has 0 aliphatic heterocycles. The molecule has 2 N–H and O–H groups in total. The minimum Gasteiger partial charge on any atom is -0.481 e. The Kier molecular flexibility index (Phi) is 2.57. The van der Waals surface area contributed by atoms with E-state index >= 15 is 0 Å². The van der Waals surface area contributed by atoms with E-state index in [1.165, 1.54) is 0 Å². The predicted octanol–water partition coefficient (Wildman–Crippen LogP) is 0.721. The number of aromatic nitrogens is 2. The van der Waals surface area contributed by atoms with Crippen molar-refractivity contribution in [3.05, 3.63) is 16.4 Å². The number of H-pyrrole nitrogens is 1. The van der Waals surface area contributed by atoms with Crippen LogP contribution < -0.4 is 5.76 Å².